The van der Waals surface area contributed by atoms with E-state index >= 15 is 0 Å². The summed E-state index contributed by atoms with van der Waals surface area (Å²) in [7, 11) is -1.63. The molecule has 1 aromatic carbocycles. The Morgan fingerprint density at radius 3 is 2.72 bits per heavy atom. The molecule has 6 nitrogen and oxygen atoms in total. The first kappa shape index (κ1) is 20.9. The van der Waals surface area contributed by atoms with E-state index in [-0.39, 0.29) is 18.1 Å². The van der Waals surface area contributed by atoms with Gasteiger partial charge in [-0.2, -0.15) is 5.26 Å². The highest BCUT2D eigenvalue weighted by molar-refractivity contribution is 6.83. The van der Waals surface area contributed by atoms with Gasteiger partial charge < -0.3 is 10.6 Å². The number of nitriles is 1. The van der Waals surface area contributed by atoms with Crippen LogP contribution in [0.15, 0.2) is 35.3 Å². The van der Waals surface area contributed by atoms with Crippen molar-refractivity contribution >= 4 is 14.0 Å². The van der Waals surface area contributed by atoms with Gasteiger partial charge >= 0.3 is 0 Å². The summed E-state index contributed by atoms with van der Waals surface area (Å²) in [6.07, 6.45) is 3.51. The lowest BCUT2D eigenvalue weighted by atomic mass is 10.1. The van der Waals surface area contributed by atoms with Crippen molar-refractivity contribution < 1.29 is 0 Å². The van der Waals surface area contributed by atoms with E-state index in [0.29, 0.717) is 23.6 Å². The lowest BCUT2D eigenvalue weighted by molar-refractivity contribution is 0.490. The standard InChI is InChI=1S/C22H27N5OSi/c1-29(2,3)12-10-18-14-25-22(26-11-6-9-20(24)16-26)27(21(18)28)15-19-8-5-4-7-17(19)13-23/h4-5,7-8,14,20H,6,9,11,15-16,24H2,1-3H3. The Bertz CT molecular complexity index is 1050. The minimum Gasteiger partial charge on any atom is -0.341 e. The van der Waals surface area contributed by atoms with Gasteiger partial charge in [0, 0.05) is 19.1 Å². The SMILES string of the molecule is C[Si](C)(C)C#Cc1cnc(N2CCCC(N)C2)n(Cc2ccccc2C#N)c1=O. The topological polar surface area (TPSA) is 87.9 Å². The summed E-state index contributed by atoms with van der Waals surface area (Å²) in [6.45, 7) is 8.15. The Hall–Kier alpha value is -2.87. The summed E-state index contributed by atoms with van der Waals surface area (Å²) >= 11 is 0. The molecule has 7 heteroatoms. The van der Waals surface area contributed by atoms with Crippen LogP contribution in [0.3, 0.4) is 0 Å². The van der Waals surface area contributed by atoms with E-state index in [9.17, 15) is 10.1 Å². The van der Waals surface area contributed by atoms with Crippen LogP contribution in [0.25, 0.3) is 0 Å². The molecule has 2 heterocycles. The van der Waals surface area contributed by atoms with Crippen molar-refractivity contribution in [3.8, 4) is 17.5 Å². The van der Waals surface area contributed by atoms with Crippen molar-refractivity contribution in [1.29, 1.82) is 5.26 Å². The zero-order valence-corrected chi connectivity index (χ0v) is 18.3. The lowest BCUT2D eigenvalue weighted by Gasteiger charge is -2.33. The number of hydrogen-bond acceptors (Lipinski definition) is 5. The average Bonchev–Trinajstić information content (AvgIpc) is 2.68. The molecule has 0 spiro atoms. The minimum atomic E-state index is -1.63. The Morgan fingerprint density at radius 1 is 1.28 bits per heavy atom. The molecule has 0 radical (unpaired) electrons. The number of benzene rings is 1. The Labute approximate surface area is 173 Å². The first-order chi connectivity index (χ1) is 13.8. The molecule has 2 N–H and O–H groups in total. The second-order valence-corrected chi connectivity index (χ2v) is 13.2. The maximum Gasteiger partial charge on any atom is 0.270 e. The molecule has 1 saturated heterocycles. The molecule has 1 aliphatic heterocycles. The van der Waals surface area contributed by atoms with Gasteiger partial charge in [-0.25, -0.2) is 4.98 Å². The van der Waals surface area contributed by atoms with E-state index in [0.717, 1.165) is 24.9 Å². The maximum atomic E-state index is 13.3. The fraction of sp³-hybridized carbons (Fsp3) is 0.409. The molecule has 0 aliphatic carbocycles. The van der Waals surface area contributed by atoms with Crippen molar-refractivity contribution in [2.24, 2.45) is 5.73 Å². The van der Waals surface area contributed by atoms with E-state index in [2.05, 4.69) is 47.1 Å². The van der Waals surface area contributed by atoms with Crippen molar-refractivity contribution in [2.45, 2.75) is 45.1 Å². The summed E-state index contributed by atoms with van der Waals surface area (Å²) in [5.74, 6) is 3.65. The van der Waals surface area contributed by atoms with E-state index in [1.807, 2.05) is 18.2 Å². The van der Waals surface area contributed by atoms with E-state index in [4.69, 9.17) is 5.73 Å². The van der Waals surface area contributed by atoms with E-state index in [1.165, 1.54) is 0 Å². The molecule has 0 bridgehead atoms. The predicted molar refractivity (Wildman–Crippen MR) is 118 cm³/mol. The highest BCUT2D eigenvalue weighted by atomic mass is 28.3. The predicted octanol–water partition coefficient (Wildman–Crippen LogP) is 2.32. The molecular formula is C22H27N5OSi. The molecular weight excluding hydrogens is 378 g/mol. The van der Waals surface area contributed by atoms with Crippen molar-refractivity contribution in [3.63, 3.8) is 0 Å². The Kier molecular flexibility index (Phi) is 6.22. The summed E-state index contributed by atoms with van der Waals surface area (Å²) in [5, 5.41) is 9.45. The third-order valence-corrected chi connectivity index (χ3v) is 5.68. The minimum absolute atomic E-state index is 0.0619. The summed E-state index contributed by atoms with van der Waals surface area (Å²) in [5.41, 5.74) is 11.0. The molecule has 3 rings (SSSR count). The van der Waals surface area contributed by atoms with Crippen LogP contribution < -0.4 is 16.2 Å². The number of aromatic nitrogens is 2. The fourth-order valence-corrected chi connectivity index (χ4v) is 3.86. The van der Waals surface area contributed by atoms with Crippen molar-refractivity contribution in [2.75, 3.05) is 18.0 Å². The molecule has 1 unspecified atom stereocenters. The molecule has 0 saturated carbocycles. The van der Waals surface area contributed by atoms with Gasteiger partial charge in [-0.05, 0) is 24.5 Å². The summed E-state index contributed by atoms with van der Waals surface area (Å²) in [6, 6.07) is 9.60. The van der Waals surface area contributed by atoms with Gasteiger partial charge in [-0.15, -0.1) is 5.54 Å². The third kappa shape index (κ3) is 5.14. The second kappa shape index (κ2) is 8.65. The van der Waals surface area contributed by atoms with Crippen LogP contribution in [0, 0.1) is 22.8 Å². The van der Waals surface area contributed by atoms with Crippen LogP contribution in [0.4, 0.5) is 5.95 Å². The van der Waals surface area contributed by atoms with Crippen LogP contribution in [-0.4, -0.2) is 36.8 Å². The Morgan fingerprint density at radius 2 is 2.03 bits per heavy atom. The molecule has 1 fully saturated rings. The van der Waals surface area contributed by atoms with Crippen LogP contribution in [0.1, 0.15) is 29.5 Å². The van der Waals surface area contributed by atoms with Crippen molar-refractivity contribution in [1.82, 2.24) is 9.55 Å². The van der Waals surface area contributed by atoms with Gasteiger partial charge in [0.15, 0.2) is 0 Å². The van der Waals surface area contributed by atoms with E-state index in [1.54, 1.807) is 16.8 Å². The molecule has 150 valence electrons. The Balaban J connectivity index is 2.11. The number of nitrogens with zero attached hydrogens (tertiary/aromatic N) is 4. The number of nitrogens with two attached hydrogens (primary N) is 1. The first-order valence-electron chi connectivity index (χ1n) is 9.90. The second-order valence-electron chi connectivity index (χ2n) is 8.48. The highest BCUT2D eigenvalue weighted by Gasteiger charge is 2.22. The number of piperidine rings is 1. The van der Waals surface area contributed by atoms with Gasteiger partial charge in [-0.1, -0.05) is 43.8 Å². The summed E-state index contributed by atoms with van der Waals surface area (Å²) in [4.78, 5) is 20.0. The van der Waals surface area contributed by atoms with Gasteiger partial charge in [0.1, 0.15) is 13.6 Å². The maximum absolute atomic E-state index is 13.3. The van der Waals surface area contributed by atoms with Crippen LogP contribution in [-0.2, 0) is 6.54 Å². The number of anilines is 1. The molecule has 1 aromatic heterocycles. The normalized spacial score (nSPS) is 16.7. The number of hydrogen-bond donors (Lipinski definition) is 1. The van der Waals surface area contributed by atoms with E-state index < -0.39 is 8.07 Å². The van der Waals surface area contributed by atoms with Crippen LogP contribution in [0.5, 0.6) is 0 Å². The van der Waals surface area contributed by atoms with Gasteiger partial charge in [-0.3, -0.25) is 9.36 Å². The van der Waals surface area contributed by atoms with Gasteiger partial charge in [0.05, 0.1) is 24.4 Å². The van der Waals surface area contributed by atoms with Crippen LogP contribution in [0.2, 0.25) is 19.6 Å². The average molecular weight is 406 g/mol. The van der Waals surface area contributed by atoms with Gasteiger partial charge in [0.25, 0.3) is 5.56 Å². The lowest BCUT2D eigenvalue weighted by Crippen LogP contribution is -2.45. The fourth-order valence-electron chi connectivity index (χ4n) is 3.35. The molecule has 29 heavy (non-hydrogen) atoms. The zero-order valence-electron chi connectivity index (χ0n) is 17.3. The largest absolute Gasteiger partial charge is 0.341 e. The molecule has 1 aliphatic rings. The van der Waals surface area contributed by atoms with Gasteiger partial charge in [0.2, 0.25) is 5.95 Å². The number of rotatable bonds is 3. The molecule has 1 atom stereocenters. The first-order valence-corrected chi connectivity index (χ1v) is 13.4. The smallest absolute Gasteiger partial charge is 0.270 e. The zero-order chi connectivity index (χ0) is 21.0. The molecule has 0 amide bonds. The quantitative estimate of drug-likeness (QED) is 0.625. The highest BCUT2D eigenvalue weighted by Crippen LogP contribution is 2.18. The van der Waals surface area contributed by atoms with Crippen LogP contribution >= 0.6 is 0 Å². The molecule has 2 aromatic rings. The summed E-state index contributed by atoms with van der Waals surface area (Å²) < 4.78 is 1.64. The third-order valence-electron chi connectivity index (χ3n) is 4.81. The monoisotopic (exact) mass is 405 g/mol. The van der Waals surface area contributed by atoms with Crippen molar-refractivity contribution in [3.05, 3.63) is 57.5 Å².